The van der Waals surface area contributed by atoms with Crippen molar-refractivity contribution < 1.29 is 21.5 Å². The minimum atomic E-state index is -4.78. The van der Waals surface area contributed by atoms with Crippen molar-refractivity contribution in [3.63, 3.8) is 0 Å². The molecule has 1 aromatic rings. The zero-order valence-electron chi connectivity index (χ0n) is 7.61. The standard InChI is InChI=1S/C9H8F2O3S/c10-8-3-1-7(2-4-8)5-9(12)6-15(11,13)14/h1-4H,5-6H2. The van der Waals surface area contributed by atoms with Gasteiger partial charge in [-0.1, -0.05) is 12.1 Å². The molecule has 3 nitrogen and oxygen atoms in total. The Morgan fingerprint density at radius 1 is 1.20 bits per heavy atom. The van der Waals surface area contributed by atoms with Crippen molar-refractivity contribution in [2.75, 3.05) is 5.75 Å². The summed E-state index contributed by atoms with van der Waals surface area (Å²) in [5.41, 5.74) is 0.449. The van der Waals surface area contributed by atoms with Crippen LogP contribution in [0.5, 0.6) is 0 Å². The lowest BCUT2D eigenvalue weighted by Crippen LogP contribution is -2.14. The van der Waals surface area contributed by atoms with Gasteiger partial charge in [-0.05, 0) is 17.7 Å². The van der Waals surface area contributed by atoms with E-state index >= 15 is 0 Å². The van der Waals surface area contributed by atoms with Crippen LogP contribution in [0.15, 0.2) is 24.3 Å². The Bertz CT molecular complexity index is 451. The van der Waals surface area contributed by atoms with E-state index in [1.807, 2.05) is 0 Å². The van der Waals surface area contributed by atoms with Crippen LogP contribution >= 0.6 is 0 Å². The SMILES string of the molecule is O=C(Cc1ccc(F)cc1)CS(=O)(=O)F. The molecule has 0 heterocycles. The highest BCUT2D eigenvalue weighted by molar-refractivity contribution is 7.87. The maximum absolute atomic E-state index is 12.5. The van der Waals surface area contributed by atoms with Gasteiger partial charge in [-0.2, -0.15) is 8.42 Å². The minimum Gasteiger partial charge on any atom is -0.298 e. The van der Waals surface area contributed by atoms with E-state index in [0.29, 0.717) is 5.56 Å². The van der Waals surface area contributed by atoms with E-state index in [2.05, 4.69) is 0 Å². The van der Waals surface area contributed by atoms with E-state index in [0.717, 1.165) is 12.1 Å². The third-order valence-electron chi connectivity index (χ3n) is 1.65. The first-order valence-corrected chi connectivity index (χ1v) is 5.60. The number of carbonyl (C=O) groups excluding carboxylic acids is 1. The van der Waals surface area contributed by atoms with Gasteiger partial charge in [0.1, 0.15) is 11.6 Å². The van der Waals surface area contributed by atoms with Crippen LogP contribution in [0, 0.1) is 5.82 Å². The third kappa shape index (κ3) is 4.64. The lowest BCUT2D eigenvalue weighted by molar-refractivity contribution is -0.116. The van der Waals surface area contributed by atoms with Gasteiger partial charge in [0.15, 0.2) is 5.78 Å². The number of carbonyl (C=O) groups is 1. The lowest BCUT2D eigenvalue weighted by Gasteiger charge is -1.98. The molecule has 0 saturated carbocycles. The molecule has 0 aliphatic carbocycles. The summed E-state index contributed by atoms with van der Waals surface area (Å²) in [4.78, 5) is 11.0. The highest BCUT2D eigenvalue weighted by atomic mass is 32.3. The molecule has 0 radical (unpaired) electrons. The fraction of sp³-hybridized carbons (Fsp3) is 0.222. The van der Waals surface area contributed by atoms with Crippen LogP contribution in [0.25, 0.3) is 0 Å². The summed E-state index contributed by atoms with van der Waals surface area (Å²) < 4.78 is 44.8. The van der Waals surface area contributed by atoms with Gasteiger partial charge in [0.2, 0.25) is 0 Å². The second-order valence-electron chi connectivity index (χ2n) is 3.03. The van der Waals surface area contributed by atoms with Crippen LogP contribution in [0.4, 0.5) is 8.28 Å². The Balaban J connectivity index is 2.63. The molecule has 15 heavy (non-hydrogen) atoms. The number of halogens is 2. The molecule has 0 aromatic heterocycles. The van der Waals surface area contributed by atoms with Gasteiger partial charge in [-0.3, -0.25) is 4.79 Å². The molecule has 0 N–H and O–H groups in total. The van der Waals surface area contributed by atoms with Crippen LogP contribution < -0.4 is 0 Å². The van der Waals surface area contributed by atoms with E-state index < -0.39 is 27.6 Å². The average Bonchev–Trinajstić information content (AvgIpc) is 2.05. The summed E-state index contributed by atoms with van der Waals surface area (Å²) in [5, 5.41) is 0. The van der Waals surface area contributed by atoms with Gasteiger partial charge in [-0.25, -0.2) is 4.39 Å². The number of benzene rings is 1. The van der Waals surface area contributed by atoms with Crippen LogP contribution in [-0.4, -0.2) is 20.0 Å². The first kappa shape index (κ1) is 11.8. The molecule has 82 valence electrons. The number of Topliss-reactive ketones (excluding diaryl/α,β-unsaturated/α-hetero) is 1. The highest BCUT2D eigenvalue weighted by Crippen LogP contribution is 2.05. The van der Waals surface area contributed by atoms with Gasteiger partial charge < -0.3 is 0 Å². The molecule has 0 saturated heterocycles. The van der Waals surface area contributed by atoms with Gasteiger partial charge >= 0.3 is 10.2 Å². The molecule has 0 aliphatic heterocycles. The van der Waals surface area contributed by atoms with Crippen molar-refractivity contribution in [2.45, 2.75) is 6.42 Å². The van der Waals surface area contributed by atoms with Crippen molar-refractivity contribution in [2.24, 2.45) is 0 Å². The summed E-state index contributed by atoms with van der Waals surface area (Å²) >= 11 is 0. The van der Waals surface area contributed by atoms with Gasteiger partial charge in [0, 0.05) is 6.42 Å². The van der Waals surface area contributed by atoms with Crippen molar-refractivity contribution in [3.8, 4) is 0 Å². The van der Waals surface area contributed by atoms with Crippen molar-refractivity contribution in [1.29, 1.82) is 0 Å². The van der Waals surface area contributed by atoms with Gasteiger partial charge in [0.25, 0.3) is 0 Å². The molecule has 0 aliphatic rings. The monoisotopic (exact) mass is 234 g/mol. The Labute approximate surface area is 85.9 Å². The van der Waals surface area contributed by atoms with E-state index in [1.54, 1.807) is 0 Å². The molecule has 6 heteroatoms. The highest BCUT2D eigenvalue weighted by Gasteiger charge is 2.14. The van der Waals surface area contributed by atoms with Gasteiger partial charge in [-0.15, -0.1) is 3.89 Å². The van der Waals surface area contributed by atoms with E-state index in [-0.39, 0.29) is 6.42 Å². The van der Waals surface area contributed by atoms with E-state index in [9.17, 15) is 21.5 Å². The molecule has 0 amide bonds. The van der Waals surface area contributed by atoms with Crippen LogP contribution in [0.3, 0.4) is 0 Å². The Hall–Kier alpha value is -1.30. The van der Waals surface area contributed by atoms with Crippen molar-refractivity contribution in [3.05, 3.63) is 35.6 Å². The van der Waals surface area contributed by atoms with Gasteiger partial charge in [0.05, 0.1) is 0 Å². The summed E-state index contributed by atoms with van der Waals surface area (Å²) in [6.45, 7) is 0. The fourth-order valence-electron chi connectivity index (χ4n) is 1.07. The Kier molecular flexibility index (Phi) is 3.52. The van der Waals surface area contributed by atoms with Crippen LogP contribution in [0.2, 0.25) is 0 Å². The number of hydrogen-bond donors (Lipinski definition) is 0. The molecule has 0 fully saturated rings. The predicted octanol–water partition coefficient (Wildman–Crippen LogP) is 1.24. The zero-order chi connectivity index (χ0) is 11.5. The topological polar surface area (TPSA) is 51.2 Å². The zero-order valence-corrected chi connectivity index (χ0v) is 8.43. The van der Waals surface area contributed by atoms with E-state index in [1.165, 1.54) is 12.1 Å². The summed E-state index contributed by atoms with van der Waals surface area (Å²) in [6.07, 6.45) is -0.219. The van der Waals surface area contributed by atoms with Crippen molar-refractivity contribution >= 4 is 16.0 Å². The molecule has 1 rings (SSSR count). The molecule has 0 bridgehead atoms. The summed E-state index contributed by atoms with van der Waals surface area (Å²) in [7, 11) is -4.78. The smallest absolute Gasteiger partial charge is 0.298 e. The lowest BCUT2D eigenvalue weighted by atomic mass is 10.1. The molecule has 0 spiro atoms. The largest absolute Gasteiger partial charge is 0.309 e. The van der Waals surface area contributed by atoms with Crippen molar-refractivity contribution in [1.82, 2.24) is 0 Å². The number of hydrogen-bond acceptors (Lipinski definition) is 3. The molecular formula is C9H8F2O3S. The quantitative estimate of drug-likeness (QED) is 0.736. The Morgan fingerprint density at radius 3 is 2.20 bits per heavy atom. The van der Waals surface area contributed by atoms with E-state index in [4.69, 9.17) is 0 Å². The Morgan fingerprint density at radius 2 is 1.73 bits per heavy atom. The first-order chi connectivity index (χ1) is 6.87. The second kappa shape index (κ2) is 4.48. The van der Waals surface area contributed by atoms with Crippen LogP contribution in [-0.2, 0) is 21.4 Å². The third-order valence-corrected chi connectivity index (χ3v) is 2.31. The minimum absolute atomic E-state index is 0.219. The number of ketones is 1. The molecular weight excluding hydrogens is 226 g/mol. The average molecular weight is 234 g/mol. The fourth-order valence-corrected chi connectivity index (χ4v) is 1.56. The molecule has 0 atom stereocenters. The maximum atomic E-state index is 12.5. The molecule has 0 unspecified atom stereocenters. The number of rotatable bonds is 4. The normalized spacial score (nSPS) is 11.3. The maximum Gasteiger partial charge on any atom is 0.309 e. The summed E-state index contributed by atoms with van der Waals surface area (Å²) in [6, 6.07) is 4.98. The predicted molar refractivity (Wildman–Crippen MR) is 50.0 cm³/mol. The summed E-state index contributed by atoms with van der Waals surface area (Å²) in [5.74, 6) is -2.35. The first-order valence-electron chi connectivity index (χ1n) is 4.05. The van der Waals surface area contributed by atoms with Crippen LogP contribution in [0.1, 0.15) is 5.56 Å². The second-order valence-corrected chi connectivity index (χ2v) is 4.39. The molecule has 1 aromatic carbocycles.